The molecule has 1 heterocycles. The van der Waals surface area contributed by atoms with Gasteiger partial charge in [-0.25, -0.2) is 4.39 Å². The van der Waals surface area contributed by atoms with Crippen molar-refractivity contribution in [3.05, 3.63) is 29.6 Å². The molecule has 1 aromatic carbocycles. The molecule has 1 saturated heterocycles. The molecule has 0 saturated carbocycles. The van der Waals surface area contributed by atoms with Gasteiger partial charge in [0.2, 0.25) is 5.91 Å². The third-order valence-corrected chi connectivity index (χ3v) is 3.01. The summed E-state index contributed by atoms with van der Waals surface area (Å²) in [5.74, 6) is -0.526. The second kappa shape index (κ2) is 5.27. The normalized spacial score (nSPS) is 20.0. The van der Waals surface area contributed by atoms with Crippen LogP contribution in [-0.4, -0.2) is 18.5 Å². The zero-order valence-electron chi connectivity index (χ0n) is 9.92. The summed E-state index contributed by atoms with van der Waals surface area (Å²) < 4.78 is 13.5. The quantitative estimate of drug-likeness (QED) is 0.826. The smallest absolute Gasteiger partial charge is 0.241 e. The van der Waals surface area contributed by atoms with Crippen molar-refractivity contribution in [2.75, 3.05) is 11.9 Å². The minimum absolute atomic E-state index is 0.146. The van der Waals surface area contributed by atoms with Crippen LogP contribution in [0.3, 0.4) is 0 Å². The Kier molecular flexibility index (Phi) is 3.74. The molecule has 3 nitrogen and oxygen atoms in total. The summed E-state index contributed by atoms with van der Waals surface area (Å²) in [5.41, 5.74) is 1.10. The number of hydrogen-bond acceptors (Lipinski definition) is 2. The van der Waals surface area contributed by atoms with Crippen molar-refractivity contribution < 1.29 is 9.18 Å². The molecule has 1 atom stereocenters. The molecule has 0 bridgehead atoms. The number of anilines is 1. The highest BCUT2D eigenvalue weighted by Gasteiger charge is 2.21. The van der Waals surface area contributed by atoms with Gasteiger partial charge in [-0.3, -0.25) is 4.79 Å². The largest absolute Gasteiger partial charge is 0.322 e. The van der Waals surface area contributed by atoms with Crippen molar-refractivity contribution in [3.8, 4) is 0 Å². The summed E-state index contributed by atoms with van der Waals surface area (Å²) in [6.07, 6.45) is 2.96. The summed E-state index contributed by atoms with van der Waals surface area (Å²) in [6, 6.07) is 4.62. The fourth-order valence-electron chi connectivity index (χ4n) is 2.02. The Hall–Kier alpha value is -1.42. The van der Waals surface area contributed by atoms with Gasteiger partial charge in [0.1, 0.15) is 5.82 Å². The number of halogens is 1. The molecular formula is C13H17FN2O. The highest BCUT2D eigenvalue weighted by Crippen LogP contribution is 2.16. The molecule has 1 unspecified atom stereocenters. The molecule has 1 aromatic rings. The van der Waals surface area contributed by atoms with Crippen molar-refractivity contribution in [3.63, 3.8) is 0 Å². The molecular weight excluding hydrogens is 219 g/mol. The number of nitrogens with one attached hydrogen (secondary N) is 2. The monoisotopic (exact) mass is 236 g/mol. The molecule has 1 aliphatic heterocycles. The van der Waals surface area contributed by atoms with Crippen LogP contribution in [0.4, 0.5) is 10.1 Å². The average Bonchev–Trinajstić information content (AvgIpc) is 2.34. The molecule has 17 heavy (non-hydrogen) atoms. The van der Waals surface area contributed by atoms with E-state index in [9.17, 15) is 9.18 Å². The highest BCUT2D eigenvalue weighted by molar-refractivity contribution is 5.95. The Morgan fingerprint density at radius 1 is 1.47 bits per heavy atom. The van der Waals surface area contributed by atoms with Crippen LogP contribution in [0.2, 0.25) is 0 Å². The Morgan fingerprint density at radius 3 is 2.94 bits per heavy atom. The molecule has 1 aliphatic rings. The van der Waals surface area contributed by atoms with Gasteiger partial charge in [0.25, 0.3) is 0 Å². The van der Waals surface area contributed by atoms with Crippen molar-refractivity contribution in [1.29, 1.82) is 0 Å². The maximum absolute atomic E-state index is 13.5. The Bertz CT molecular complexity index is 414. The predicted octanol–water partition coefficient (Wildman–Crippen LogP) is 2.21. The first-order valence-electron chi connectivity index (χ1n) is 5.97. The van der Waals surface area contributed by atoms with Crippen LogP contribution in [-0.2, 0) is 4.79 Å². The topological polar surface area (TPSA) is 41.1 Å². The van der Waals surface area contributed by atoms with Crippen molar-refractivity contribution in [2.24, 2.45) is 0 Å². The maximum Gasteiger partial charge on any atom is 0.241 e. The van der Waals surface area contributed by atoms with E-state index in [0.29, 0.717) is 0 Å². The van der Waals surface area contributed by atoms with Crippen molar-refractivity contribution >= 4 is 11.6 Å². The summed E-state index contributed by atoms with van der Waals surface area (Å²) in [7, 11) is 0. The number of benzene rings is 1. The molecule has 2 N–H and O–H groups in total. The standard InChI is InChI=1S/C13H17FN2O/c1-9-5-6-11(10(14)8-9)16-13(17)12-4-2-3-7-15-12/h5-6,8,12,15H,2-4,7H2,1H3,(H,16,17). The van der Waals surface area contributed by atoms with Crippen LogP contribution in [0.25, 0.3) is 0 Å². The van der Waals surface area contributed by atoms with E-state index in [1.54, 1.807) is 12.1 Å². The predicted molar refractivity (Wildman–Crippen MR) is 65.4 cm³/mol. The summed E-state index contributed by atoms with van der Waals surface area (Å²) >= 11 is 0. The third-order valence-electron chi connectivity index (χ3n) is 3.01. The molecule has 0 aliphatic carbocycles. The molecule has 4 heteroatoms. The Morgan fingerprint density at radius 2 is 2.29 bits per heavy atom. The third kappa shape index (κ3) is 3.03. The van der Waals surface area contributed by atoms with Gasteiger partial charge in [-0.15, -0.1) is 0 Å². The zero-order valence-corrected chi connectivity index (χ0v) is 9.92. The lowest BCUT2D eigenvalue weighted by Gasteiger charge is -2.22. The van der Waals surface area contributed by atoms with Gasteiger partial charge >= 0.3 is 0 Å². The van der Waals surface area contributed by atoms with Gasteiger partial charge in [-0.05, 0) is 44.0 Å². The molecule has 1 amide bonds. The minimum atomic E-state index is -0.380. The van der Waals surface area contributed by atoms with E-state index in [1.165, 1.54) is 6.07 Å². The number of carbonyl (C=O) groups excluding carboxylic acids is 1. The van der Waals surface area contributed by atoms with Crippen molar-refractivity contribution in [1.82, 2.24) is 5.32 Å². The lowest BCUT2D eigenvalue weighted by atomic mass is 10.0. The lowest BCUT2D eigenvalue weighted by molar-refractivity contribution is -0.118. The first kappa shape index (κ1) is 12.0. The van der Waals surface area contributed by atoms with Crippen LogP contribution < -0.4 is 10.6 Å². The van der Waals surface area contributed by atoms with Crippen molar-refractivity contribution in [2.45, 2.75) is 32.2 Å². The zero-order chi connectivity index (χ0) is 12.3. The average molecular weight is 236 g/mol. The number of carbonyl (C=O) groups is 1. The molecule has 92 valence electrons. The minimum Gasteiger partial charge on any atom is -0.322 e. The van der Waals surface area contributed by atoms with Crippen LogP contribution in [0.1, 0.15) is 24.8 Å². The fraction of sp³-hybridized carbons (Fsp3) is 0.462. The molecule has 0 radical (unpaired) electrons. The van der Waals surface area contributed by atoms with Crippen LogP contribution in [0.5, 0.6) is 0 Å². The lowest BCUT2D eigenvalue weighted by Crippen LogP contribution is -2.43. The van der Waals surface area contributed by atoms with E-state index < -0.39 is 0 Å². The first-order chi connectivity index (χ1) is 8.16. The van der Waals surface area contributed by atoms with Gasteiger partial charge in [0.05, 0.1) is 11.7 Å². The highest BCUT2D eigenvalue weighted by atomic mass is 19.1. The number of rotatable bonds is 2. The molecule has 0 aromatic heterocycles. The van der Waals surface area contributed by atoms with Gasteiger partial charge in [0.15, 0.2) is 0 Å². The van der Waals surface area contributed by atoms with Crippen LogP contribution in [0.15, 0.2) is 18.2 Å². The van der Waals surface area contributed by atoms with E-state index in [2.05, 4.69) is 10.6 Å². The SMILES string of the molecule is Cc1ccc(NC(=O)C2CCCCN2)c(F)c1. The van der Waals surface area contributed by atoms with Gasteiger partial charge < -0.3 is 10.6 Å². The maximum atomic E-state index is 13.5. The van der Waals surface area contributed by atoms with Crippen LogP contribution >= 0.6 is 0 Å². The van der Waals surface area contributed by atoms with E-state index >= 15 is 0 Å². The van der Waals surface area contributed by atoms with E-state index in [0.717, 1.165) is 31.4 Å². The van der Waals surface area contributed by atoms with E-state index in [4.69, 9.17) is 0 Å². The van der Waals surface area contributed by atoms with Gasteiger partial charge in [-0.1, -0.05) is 12.5 Å². The number of piperidine rings is 1. The van der Waals surface area contributed by atoms with Crippen LogP contribution in [0, 0.1) is 12.7 Å². The second-order valence-electron chi connectivity index (χ2n) is 4.48. The first-order valence-corrected chi connectivity index (χ1v) is 5.97. The van der Waals surface area contributed by atoms with Gasteiger partial charge in [0, 0.05) is 0 Å². The summed E-state index contributed by atoms with van der Waals surface area (Å²) in [4.78, 5) is 11.9. The Balaban J connectivity index is 2.02. The summed E-state index contributed by atoms with van der Waals surface area (Å²) in [5, 5.41) is 5.77. The number of amides is 1. The molecule has 0 spiro atoms. The van der Waals surface area contributed by atoms with E-state index in [-0.39, 0.29) is 23.5 Å². The Labute approximate surface area is 100 Å². The molecule has 2 rings (SSSR count). The molecule has 1 fully saturated rings. The van der Waals surface area contributed by atoms with Gasteiger partial charge in [-0.2, -0.15) is 0 Å². The summed E-state index contributed by atoms with van der Waals surface area (Å²) in [6.45, 7) is 2.67. The van der Waals surface area contributed by atoms with E-state index in [1.807, 2.05) is 6.92 Å². The second-order valence-corrected chi connectivity index (χ2v) is 4.48. The number of hydrogen-bond donors (Lipinski definition) is 2. The fourth-order valence-corrected chi connectivity index (χ4v) is 2.02. The number of aryl methyl sites for hydroxylation is 1.